The fourth-order valence-corrected chi connectivity index (χ4v) is 4.22. The molecule has 28 heavy (non-hydrogen) atoms. The van der Waals surface area contributed by atoms with Gasteiger partial charge in [-0.15, -0.1) is 0 Å². The van der Waals surface area contributed by atoms with Crippen molar-refractivity contribution in [2.24, 2.45) is 0 Å². The third-order valence-corrected chi connectivity index (χ3v) is 5.93. The number of aromatic hydroxyl groups is 1. The predicted molar refractivity (Wildman–Crippen MR) is 114 cm³/mol. The molecule has 144 valence electrons. The lowest BCUT2D eigenvalue weighted by atomic mass is 10.1. The van der Waals surface area contributed by atoms with E-state index in [2.05, 4.69) is 15.9 Å². The number of nitrogens with zero attached hydrogens (tertiary/aromatic N) is 2. The molecule has 0 aromatic heterocycles. The maximum Gasteiger partial charge on any atom is 0.271 e. The lowest BCUT2D eigenvalue weighted by Crippen LogP contribution is -2.27. The largest absolute Gasteiger partial charge is 0.506 e. The number of rotatable bonds is 5. The zero-order chi connectivity index (χ0) is 20.4. The maximum absolute atomic E-state index is 12.8. The first kappa shape index (κ1) is 20.3. The quantitative estimate of drug-likeness (QED) is 0.292. The number of phenolic OH excluding ortho intramolecular Hbond substituents is 1. The normalized spacial score (nSPS) is 15.4. The molecular formula is C18H13BrN2O5S2. The van der Waals surface area contributed by atoms with Gasteiger partial charge in [-0.1, -0.05) is 36.1 Å². The first-order valence-electron chi connectivity index (χ1n) is 7.85. The fourth-order valence-electron chi connectivity index (χ4n) is 2.51. The van der Waals surface area contributed by atoms with Gasteiger partial charge in [0, 0.05) is 17.7 Å². The first-order chi connectivity index (χ1) is 13.3. The number of carbonyl (C=O) groups is 1. The minimum absolute atomic E-state index is 0.158. The molecule has 0 saturated carbocycles. The highest BCUT2D eigenvalue weighted by Gasteiger charge is 2.32. The molecular weight excluding hydrogens is 468 g/mol. The zero-order valence-electron chi connectivity index (χ0n) is 14.4. The molecule has 2 aromatic rings. The topological polar surface area (TPSA) is 92.9 Å². The van der Waals surface area contributed by atoms with Crippen molar-refractivity contribution in [2.75, 3.05) is 7.11 Å². The van der Waals surface area contributed by atoms with Gasteiger partial charge in [0.25, 0.3) is 11.6 Å². The fraction of sp³-hybridized carbons (Fsp3) is 0.111. The summed E-state index contributed by atoms with van der Waals surface area (Å²) in [4.78, 5) is 25.0. The summed E-state index contributed by atoms with van der Waals surface area (Å²) in [5.41, 5.74) is 0.829. The summed E-state index contributed by atoms with van der Waals surface area (Å²) in [5, 5.41) is 21.2. The molecule has 0 atom stereocenters. The van der Waals surface area contributed by atoms with Crippen LogP contribution < -0.4 is 4.74 Å². The van der Waals surface area contributed by atoms with Crippen molar-refractivity contribution in [1.82, 2.24) is 4.90 Å². The van der Waals surface area contributed by atoms with E-state index in [1.54, 1.807) is 19.2 Å². The molecule has 0 radical (unpaired) electrons. The zero-order valence-corrected chi connectivity index (χ0v) is 17.6. The number of hydrogen-bond donors (Lipinski definition) is 1. The van der Waals surface area contributed by atoms with E-state index in [-0.39, 0.29) is 38.8 Å². The van der Waals surface area contributed by atoms with E-state index in [9.17, 15) is 20.0 Å². The number of methoxy groups -OCH3 is 1. The second kappa shape index (κ2) is 8.29. The number of hydrogen-bond acceptors (Lipinski definition) is 7. The average Bonchev–Trinajstić information content (AvgIpc) is 2.93. The monoisotopic (exact) mass is 480 g/mol. The number of thioether (sulfide) groups is 1. The number of halogens is 1. The molecule has 1 aliphatic heterocycles. The van der Waals surface area contributed by atoms with Gasteiger partial charge in [0.05, 0.1) is 28.0 Å². The van der Waals surface area contributed by atoms with Crippen molar-refractivity contribution in [3.63, 3.8) is 0 Å². The minimum atomic E-state index is -0.573. The SMILES string of the molecule is COc1ccc(CN2C(=O)C(=Cc3cc([N+](=O)[O-])cc(Br)c3O)SC2=S)cc1. The number of non-ortho nitro benzene ring substituents is 1. The van der Waals surface area contributed by atoms with Crippen molar-refractivity contribution in [1.29, 1.82) is 0 Å². The van der Waals surface area contributed by atoms with Crippen LogP contribution in [0.2, 0.25) is 0 Å². The lowest BCUT2D eigenvalue weighted by Gasteiger charge is -2.14. The molecule has 0 bridgehead atoms. The van der Waals surface area contributed by atoms with Crippen LogP contribution in [0.4, 0.5) is 5.69 Å². The van der Waals surface area contributed by atoms with Crippen molar-refractivity contribution in [3.8, 4) is 11.5 Å². The standard InChI is InChI=1S/C18H13BrN2O5S2/c1-26-13-4-2-10(3-5-13)9-20-17(23)15(28-18(20)27)7-11-6-12(21(24)25)8-14(19)16(11)22/h2-8,22H,9H2,1H3. The van der Waals surface area contributed by atoms with Crippen LogP contribution in [-0.4, -0.2) is 32.3 Å². The Kier molecular flexibility index (Phi) is 6.01. The average molecular weight is 481 g/mol. The Hall–Kier alpha value is -2.43. The van der Waals surface area contributed by atoms with Gasteiger partial charge in [0.2, 0.25) is 0 Å². The number of benzene rings is 2. The Bertz CT molecular complexity index is 1010. The molecule has 3 rings (SSSR count). The molecule has 0 spiro atoms. The second-order valence-electron chi connectivity index (χ2n) is 5.74. The van der Waals surface area contributed by atoms with Crippen LogP contribution in [0, 0.1) is 10.1 Å². The smallest absolute Gasteiger partial charge is 0.271 e. The van der Waals surface area contributed by atoms with Crippen LogP contribution in [0.25, 0.3) is 6.08 Å². The van der Waals surface area contributed by atoms with Crippen LogP contribution in [0.5, 0.6) is 11.5 Å². The number of amides is 1. The van der Waals surface area contributed by atoms with Gasteiger partial charge in [-0.3, -0.25) is 19.8 Å². The van der Waals surface area contributed by atoms with E-state index in [0.717, 1.165) is 17.3 Å². The van der Waals surface area contributed by atoms with Crippen molar-refractivity contribution in [2.45, 2.75) is 6.54 Å². The summed E-state index contributed by atoms with van der Waals surface area (Å²) in [5.74, 6) is 0.194. The number of nitro benzene ring substituents is 1. The molecule has 1 saturated heterocycles. The van der Waals surface area contributed by atoms with Gasteiger partial charge in [-0.05, 0) is 39.7 Å². The molecule has 1 amide bonds. The second-order valence-corrected chi connectivity index (χ2v) is 8.27. The summed E-state index contributed by atoms with van der Waals surface area (Å²) < 4.78 is 5.66. The van der Waals surface area contributed by atoms with E-state index in [1.165, 1.54) is 23.1 Å². The van der Waals surface area contributed by atoms with E-state index < -0.39 is 4.92 Å². The third-order valence-electron chi connectivity index (χ3n) is 3.95. The molecule has 10 heteroatoms. The number of thiocarbonyl (C=S) groups is 1. The predicted octanol–water partition coefficient (Wildman–Crippen LogP) is 4.47. The van der Waals surface area contributed by atoms with Gasteiger partial charge < -0.3 is 9.84 Å². The van der Waals surface area contributed by atoms with Crippen LogP contribution >= 0.6 is 39.9 Å². The molecule has 0 unspecified atom stereocenters. The Labute approximate surface area is 178 Å². The van der Waals surface area contributed by atoms with Gasteiger partial charge in [-0.25, -0.2) is 0 Å². The van der Waals surface area contributed by atoms with E-state index in [4.69, 9.17) is 17.0 Å². The molecule has 1 fully saturated rings. The maximum atomic E-state index is 12.8. The Morgan fingerprint density at radius 1 is 1.36 bits per heavy atom. The first-order valence-corrected chi connectivity index (χ1v) is 9.87. The number of phenols is 1. The molecule has 2 aromatic carbocycles. The molecule has 1 heterocycles. The molecule has 7 nitrogen and oxygen atoms in total. The summed E-state index contributed by atoms with van der Waals surface area (Å²) in [6.07, 6.45) is 1.40. The highest BCUT2D eigenvalue weighted by Crippen LogP contribution is 2.38. The van der Waals surface area contributed by atoms with Gasteiger partial charge in [-0.2, -0.15) is 0 Å². The number of ether oxygens (including phenoxy) is 1. The Morgan fingerprint density at radius 3 is 2.64 bits per heavy atom. The van der Waals surface area contributed by atoms with E-state index in [0.29, 0.717) is 10.1 Å². The van der Waals surface area contributed by atoms with Gasteiger partial charge in [0.1, 0.15) is 15.8 Å². The Morgan fingerprint density at radius 2 is 2.04 bits per heavy atom. The molecule has 1 N–H and O–H groups in total. The van der Waals surface area contributed by atoms with Crippen molar-refractivity contribution in [3.05, 3.63) is 67.0 Å². The summed E-state index contributed by atoms with van der Waals surface area (Å²) in [6.45, 7) is 0.288. The summed E-state index contributed by atoms with van der Waals surface area (Å²) >= 11 is 9.47. The summed E-state index contributed by atoms with van der Waals surface area (Å²) in [7, 11) is 1.57. The number of carbonyl (C=O) groups excluding carboxylic acids is 1. The van der Waals surface area contributed by atoms with E-state index >= 15 is 0 Å². The van der Waals surface area contributed by atoms with Crippen molar-refractivity contribution < 1.29 is 19.6 Å². The van der Waals surface area contributed by atoms with Crippen LogP contribution in [0.1, 0.15) is 11.1 Å². The minimum Gasteiger partial charge on any atom is -0.506 e. The highest BCUT2D eigenvalue weighted by molar-refractivity contribution is 9.10. The molecule has 0 aliphatic carbocycles. The highest BCUT2D eigenvalue weighted by atomic mass is 79.9. The van der Waals surface area contributed by atoms with Crippen LogP contribution in [0.15, 0.2) is 45.8 Å². The number of nitro groups is 1. The van der Waals surface area contributed by atoms with Crippen LogP contribution in [0.3, 0.4) is 0 Å². The van der Waals surface area contributed by atoms with Crippen LogP contribution in [-0.2, 0) is 11.3 Å². The third kappa shape index (κ3) is 4.18. The van der Waals surface area contributed by atoms with Crippen molar-refractivity contribution >= 4 is 61.9 Å². The van der Waals surface area contributed by atoms with Gasteiger partial charge in [0.15, 0.2) is 0 Å². The van der Waals surface area contributed by atoms with E-state index in [1.807, 2.05) is 12.1 Å². The lowest BCUT2D eigenvalue weighted by molar-refractivity contribution is -0.385. The summed E-state index contributed by atoms with van der Waals surface area (Å²) in [6, 6.07) is 9.66. The Balaban J connectivity index is 1.87. The van der Waals surface area contributed by atoms with Gasteiger partial charge >= 0.3 is 0 Å². The molecule has 1 aliphatic rings.